The van der Waals surface area contributed by atoms with Crippen molar-refractivity contribution in [3.63, 3.8) is 0 Å². The maximum absolute atomic E-state index is 11.9. The van der Waals surface area contributed by atoms with E-state index in [4.69, 9.17) is 24.3 Å². The van der Waals surface area contributed by atoms with Crippen molar-refractivity contribution in [2.45, 2.75) is 193 Å². The molecule has 1 fully saturated rings. The van der Waals surface area contributed by atoms with Crippen LogP contribution < -0.4 is 11.2 Å². The molecule has 0 aromatic rings. The zero-order valence-corrected chi connectivity index (χ0v) is 36.0. The molecule has 0 aliphatic carbocycles. The molecule has 1 aliphatic rings. The summed E-state index contributed by atoms with van der Waals surface area (Å²) in [5.74, 6) is -0.559. The minimum Gasteiger partial charge on any atom is -0.346 e. The van der Waals surface area contributed by atoms with Gasteiger partial charge in [0, 0.05) is 33.0 Å². The van der Waals surface area contributed by atoms with Crippen LogP contribution in [0.2, 0.25) is 0 Å². The first kappa shape index (κ1) is 50.9. The highest BCUT2D eigenvalue weighted by molar-refractivity contribution is 7.47. The van der Waals surface area contributed by atoms with Gasteiger partial charge in [0.25, 0.3) is 0 Å². The molecule has 0 radical (unpaired) electrons. The van der Waals surface area contributed by atoms with Gasteiger partial charge in [0.2, 0.25) is 0 Å². The number of nitrogens with two attached hydrogens (primary N) is 1. The lowest BCUT2D eigenvalue weighted by Crippen LogP contribution is -2.46. The van der Waals surface area contributed by atoms with E-state index < -0.39 is 13.6 Å². The monoisotopic (exact) mass is 782 g/mol. The van der Waals surface area contributed by atoms with Crippen molar-refractivity contribution in [2.24, 2.45) is 5.73 Å². The summed E-state index contributed by atoms with van der Waals surface area (Å²) in [7, 11) is -2.23. The minimum absolute atomic E-state index is 0.0262. The summed E-state index contributed by atoms with van der Waals surface area (Å²) in [6, 6.07) is 0. The first-order chi connectivity index (χ1) is 26.4. The Morgan fingerprint density at radius 3 is 1.57 bits per heavy atom. The predicted octanol–water partition coefficient (Wildman–Crippen LogP) is 12.0. The fourth-order valence-electron chi connectivity index (χ4n) is 6.58. The second-order valence-electron chi connectivity index (χ2n) is 15.0. The van der Waals surface area contributed by atoms with E-state index in [0.29, 0.717) is 13.2 Å². The summed E-state index contributed by atoms with van der Waals surface area (Å²) in [6.07, 6.45) is 49.6. The fourth-order valence-corrected chi connectivity index (χ4v) is 7.30. The van der Waals surface area contributed by atoms with Crippen LogP contribution in [0.4, 0.5) is 0 Å². The Kier molecular flexibility index (Phi) is 34.1. The second-order valence-corrected chi connectivity index (χ2v) is 16.4. The van der Waals surface area contributed by atoms with Crippen LogP contribution in [-0.2, 0) is 23.1 Å². The second kappa shape index (κ2) is 36.2. The van der Waals surface area contributed by atoms with Gasteiger partial charge in [-0.05, 0) is 77.0 Å². The van der Waals surface area contributed by atoms with Gasteiger partial charge in [0.05, 0.1) is 19.8 Å². The molecule has 54 heavy (non-hydrogen) atoms. The molecule has 4 N–H and O–H groups in total. The van der Waals surface area contributed by atoms with Gasteiger partial charge in [-0.2, -0.15) is 0 Å². The quantitative estimate of drug-likeness (QED) is 0.0243. The predicted molar refractivity (Wildman–Crippen MR) is 228 cm³/mol. The molecular formula is C44H84N3O6P. The van der Waals surface area contributed by atoms with Crippen LogP contribution in [0.25, 0.3) is 0 Å². The zero-order valence-electron chi connectivity index (χ0n) is 35.1. The Morgan fingerprint density at radius 2 is 1.11 bits per heavy atom. The van der Waals surface area contributed by atoms with E-state index in [1.54, 1.807) is 0 Å². The van der Waals surface area contributed by atoms with E-state index in [1.807, 2.05) is 12.1 Å². The molecule has 10 heteroatoms. The summed E-state index contributed by atoms with van der Waals surface area (Å²) in [5.41, 5.74) is 8.68. The fraction of sp³-hybridized carbons (Fsp3) is 0.818. The number of phosphoric acid groups is 1. The van der Waals surface area contributed by atoms with E-state index >= 15 is 0 Å². The van der Waals surface area contributed by atoms with Crippen LogP contribution >= 0.6 is 7.82 Å². The third kappa shape index (κ3) is 31.0. The van der Waals surface area contributed by atoms with Crippen LogP contribution in [0, 0.1) is 0 Å². The van der Waals surface area contributed by atoms with Crippen LogP contribution in [0.5, 0.6) is 0 Å². The lowest BCUT2D eigenvalue weighted by Gasteiger charge is -2.29. The van der Waals surface area contributed by atoms with Crippen LogP contribution in [0.3, 0.4) is 0 Å². The van der Waals surface area contributed by atoms with E-state index in [2.05, 4.69) is 67.9 Å². The van der Waals surface area contributed by atoms with E-state index in [-0.39, 0.29) is 26.0 Å². The molecule has 1 unspecified atom stereocenters. The molecule has 0 amide bonds. The van der Waals surface area contributed by atoms with Gasteiger partial charge < -0.3 is 20.1 Å². The largest absolute Gasteiger partial charge is 0.472 e. The molecule has 0 saturated carbocycles. The molecule has 1 heterocycles. The van der Waals surface area contributed by atoms with Gasteiger partial charge >= 0.3 is 7.82 Å². The highest BCUT2D eigenvalue weighted by atomic mass is 31.2. The van der Waals surface area contributed by atoms with Crippen molar-refractivity contribution >= 4 is 7.82 Å². The average molecular weight is 782 g/mol. The zero-order chi connectivity index (χ0) is 39.3. The van der Waals surface area contributed by atoms with Crippen molar-refractivity contribution < 1.29 is 28.0 Å². The molecule has 1 aliphatic heterocycles. The van der Waals surface area contributed by atoms with Crippen LogP contribution in [0.15, 0.2) is 48.6 Å². The number of ether oxygens (including phenoxy) is 2. The lowest BCUT2D eigenvalue weighted by molar-refractivity contribution is -0.187. The standard InChI is InChI=1S/C44H84N3O6P/c1-4-6-8-10-12-14-16-18-20-22-24-26-28-30-32-34-36-44(37-35-33-31-29-27-25-23-21-19-17-15-13-11-9-7-5-2)50-42-43(53-44)46-47(3)39-41-52-54(48,49)51-40-38-45/h12-15,18-21,43,46H,4-11,16-17,22-42,45H2,1-3H3,(H,48,49)/b14-12-,15-13-,20-18-,21-19-/t43-/m1/s1. The molecule has 0 aromatic heterocycles. The first-order valence-electron chi connectivity index (χ1n) is 22.1. The van der Waals surface area contributed by atoms with Crippen LogP contribution in [0.1, 0.15) is 181 Å². The molecule has 2 atom stereocenters. The van der Waals surface area contributed by atoms with Gasteiger partial charge in [0.1, 0.15) is 6.23 Å². The van der Waals surface area contributed by atoms with Crippen molar-refractivity contribution in [3.8, 4) is 0 Å². The molecule has 0 spiro atoms. The number of nitrogens with one attached hydrogen (secondary N) is 1. The summed E-state index contributed by atoms with van der Waals surface area (Å²) in [6.45, 7) is 5.50. The number of allylic oxidation sites excluding steroid dienone is 8. The molecule has 0 bridgehead atoms. The molecule has 0 aromatic carbocycles. The van der Waals surface area contributed by atoms with Gasteiger partial charge in [0.15, 0.2) is 5.79 Å². The Bertz CT molecular complexity index is 959. The molecular weight excluding hydrogens is 697 g/mol. The number of rotatable bonds is 39. The molecule has 316 valence electrons. The molecule has 9 nitrogen and oxygen atoms in total. The van der Waals surface area contributed by atoms with E-state index in [1.165, 1.54) is 128 Å². The first-order valence-corrected chi connectivity index (χ1v) is 23.6. The van der Waals surface area contributed by atoms with Gasteiger partial charge in [-0.1, -0.05) is 140 Å². The van der Waals surface area contributed by atoms with Gasteiger partial charge in [-0.15, -0.1) is 0 Å². The van der Waals surface area contributed by atoms with Crippen molar-refractivity contribution in [1.82, 2.24) is 10.4 Å². The van der Waals surface area contributed by atoms with Crippen molar-refractivity contribution in [3.05, 3.63) is 48.6 Å². The molecule has 1 rings (SSSR count). The Morgan fingerprint density at radius 1 is 0.685 bits per heavy atom. The van der Waals surface area contributed by atoms with Crippen molar-refractivity contribution in [1.29, 1.82) is 0 Å². The smallest absolute Gasteiger partial charge is 0.346 e. The number of hydrogen-bond donors (Lipinski definition) is 3. The SMILES string of the molecule is CCCCC/C=C\C/C=C\CCCCCCCCC1(CCCCCCCC/C=C\C/C=C\CCCCC)OC[C@H](NN(C)CCOP(=O)(O)OCCN)O1. The number of unbranched alkanes of at least 4 members (excludes halogenated alkanes) is 18. The number of hydrazine groups is 1. The molecule has 1 saturated heterocycles. The third-order valence-electron chi connectivity index (χ3n) is 9.79. The minimum atomic E-state index is -4.10. The van der Waals surface area contributed by atoms with Gasteiger partial charge in [-0.25, -0.2) is 15.0 Å². The highest BCUT2D eigenvalue weighted by Gasteiger charge is 2.40. The normalized spacial score (nSPS) is 17.4. The Balaban J connectivity index is 2.37. The summed E-state index contributed by atoms with van der Waals surface area (Å²) < 4.78 is 34.8. The summed E-state index contributed by atoms with van der Waals surface area (Å²) in [4.78, 5) is 9.75. The summed E-state index contributed by atoms with van der Waals surface area (Å²) >= 11 is 0. The number of likely N-dealkylation sites (N-methyl/N-ethyl adjacent to an activating group) is 1. The van der Waals surface area contributed by atoms with Crippen LogP contribution in [-0.4, -0.2) is 61.9 Å². The third-order valence-corrected chi connectivity index (χ3v) is 10.8. The lowest BCUT2D eigenvalue weighted by atomic mass is 9.98. The topological polar surface area (TPSA) is 116 Å². The van der Waals surface area contributed by atoms with Crippen molar-refractivity contribution in [2.75, 3.05) is 40.0 Å². The number of nitrogens with zero attached hydrogens (tertiary/aromatic N) is 1. The maximum Gasteiger partial charge on any atom is 0.472 e. The maximum atomic E-state index is 11.9. The van der Waals surface area contributed by atoms with E-state index in [9.17, 15) is 9.46 Å². The Labute approximate surface area is 332 Å². The van der Waals surface area contributed by atoms with E-state index in [0.717, 1.165) is 38.5 Å². The Hall–Kier alpha value is -1.13. The number of hydrogen-bond acceptors (Lipinski definition) is 8. The van der Waals surface area contributed by atoms with Gasteiger partial charge in [-0.3, -0.25) is 9.05 Å². The highest BCUT2D eigenvalue weighted by Crippen LogP contribution is 2.42. The number of phosphoric ester groups is 1. The summed E-state index contributed by atoms with van der Waals surface area (Å²) in [5, 5.41) is 1.81. The average Bonchev–Trinajstić information content (AvgIpc) is 3.55.